The molecule has 0 saturated carbocycles. The summed E-state index contributed by atoms with van der Waals surface area (Å²) >= 11 is 0. The van der Waals surface area contributed by atoms with Crippen LogP contribution in [0.4, 0.5) is 10.1 Å². The molecule has 1 amide bonds. The highest BCUT2D eigenvalue weighted by molar-refractivity contribution is 7.85. The number of nitro benzene ring substituents is 1. The maximum absolute atomic E-state index is 13.2. The van der Waals surface area contributed by atoms with Crippen molar-refractivity contribution in [3.63, 3.8) is 0 Å². The first-order valence-corrected chi connectivity index (χ1v) is 7.06. The summed E-state index contributed by atoms with van der Waals surface area (Å²) in [5, 5.41) is 10.6. The third kappa shape index (κ3) is 2.95. The van der Waals surface area contributed by atoms with E-state index >= 15 is 0 Å². The first-order chi connectivity index (χ1) is 8.99. The normalized spacial score (nSPS) is 16.4. The molecular formula is C11H11FN2O4S. The minimum Gasteiger partial charge on any atom is -0.337 e. The quantitative estimate of drug-likeness (QED) is 0.598. The number of hydrogen-bond acceptors (Lipinski definition) is 4. The number of amides is 1. The van der Waals surface area contributed by atoms with E-state index < -0.39 is 33.1 Å². The molecule has 1 saturated heterocycles. The van der Waals surface area contributed by atoms with Crippen molar-refractivity contribution in [3.05, 3.63) is 39.7 Å². The van der Waals surface area contributed by atoms with E-state index in [9.17, 15) is 23.5 Å². The summed E-state index contributed by atoms with van der Waals surface area (Å²) in [7, 11) is -0.911. The molecule has 1 fully saturated rings. The van der Waals surface area contributed by atoms with Crippen molar-refractivity contribution in [2.24, 2.45) is 0 Å². The molecule has 1 aliphatic rings. The van der Waals surface area contributed by atoms with Crippen LogP contribution in [0.1, 0.15) is 10.4 Å². The Morgan fingerprint density at radius 1 is 1.37 bits per heavy atom. The smallest absolute Gasteiger partial charge is 0.305 e. The largest absolute Gasteiger partial charge is 0.337 e. The van der Waals surface area contributed by atoms with E-state index in [1.807, 2.05) is 0 Å². The molecule has 0 radical (unpaired) electrons. The molecule has 1 aliphatic heterocycles. The Balaban J connectivity index is 2.22. The van der Waals surface area contributed by atoms with E-state index in [4.69, 9.17) is 0 Å². The zero-order valence-corrected chi connectivity index (χ0v) is 10.7. The maximum atomic E-state index is 13.2. The minimum atomic E-state index is -0.971. The average molecular weight is 286 g/mol. The molecule has 0 atom stereocenters. The Morgan fingerprint density at radius 2 is 2.00 bits per heavy atom. The molecule has 0 unspecified atom stereocenters. The van der Waals surface area contributed by atoms with Gasteiger partial charge in [-0.25, -0.2) is 0 Å². The van der Waals surface area contributed by atoms with Gasteiger partial charge in [0.1, 0.15) is 0 Å². The van der Waals surface area contributed by atoms with Crippen LogP contribution in [0.25, 0.3) is 0 Å². The molecule has 0 N–H and O–H groups in total. The minimum absolute atomic E-state index is 0.0702. The summed E-state index contributed by atoms with van der Waals surface area (Å²) in [5.74, 6) is -0.578. The van der Waals surface area contributed by atoms with Gasteiger partial charge in [-0.1, -0.05) is 0 Å². The number of nitrogens with zero attached hydrogens (tertiary/aromatic N) is 2. The monoisotopic (exact) mass is 286 g/mol. The highest BCUT2D eigenvalue weighted by Crippen LogP contribution is 2.20. The van der Waals surface area contributed by atoms with Gasteiger partial charge in [0, 0.05) is 47.0 Å². The fourth-order valence-corrected chi connectivity index (χ4v) is 2.86. The molecule has 2 rings (SSSR count). The van der Waals surface area contributed by atoms with Crippen LogP contribution in [0.2, 0.25) is 0 Å². The third-order valence-corrected chi connectivity index (χ3v) is 4.13. The summed E-state index contributed by atoms with van der Waals surface area (Å²) in [6, 6.07) is 3.06. The van der Waals surface area contributed by atoms with Crippen LogP contribution < -0.4 is 0 Å². The zero-order valence-electron chi connectivity index (χ0n) is 9.87. The first-order valence-electron chi connectivity index (χ1n) is 5.57. The van der Waals surface area contributed by atoms with Crippen LogP contribution >= 0.6 is 0 Å². The molecule has 1 aromatic rings. The first kappa shape index (κ1) is 13.6. The van der Waals surface area contributed by atoms with Gasteiger partial charge in [-0.15, -0.1) is 0 Å². The Labute approximate surface area is 110 Å². The fourth-order valence-electron chi connectivity index (χ4n) is 1.81. The van der Waals surface area contributed by atoms with E-state index in [1.165, 1.54) is 11.0 Å². The van der Waals surface area contributed by atoms with Crippen molar-refractivity contribution in [3.8, 4) is 0 Å². The summed E-state index contributed by atoms with van der Waals surface area (Å²) in [6.45, 7) is 0.688. The Kier molecular flexibility index (Phi) is 3.89. The molecule has 0 aliphatic carbocycles. The number of rotatable bonds is 2. The summed E-state index contributed by atoms with van der Waals surface area (Å²) in [5.41, 5.74) is -0.646. The van der Waals surface area contributed by atoms with E-state index in [1.54, 1.807) is 0 Å². The lowest BCUT2D eigenvalue weighted by Gasteiger charge is -2.26. The van der Waals surface area contributed by atoms with Gasteiger partial charge >= 0.3 is 5.69 Å². The molecule has 0 spiro atoms. The molecule has 102 valence electrons. The number of carbonyl (C=O) groups excluding carboxylic acids is 1. The molecule has 8 heteroatoms. The second-order valence-corrected chi connectivity index (χ2v) is 5.76. The molecule has 1 aromatic carbocycles. The SMILES string of the molecule is O=C(c1ccc(F)c([N+](=O)[O-])c1)N1CCS(=O)CC1. The average Bonchev–Trinajstić information content (AvgIpc) is 2.39. The topological polar surface area (TPSA) is 80.5 Å². The molecular weight excluding hydrogens is 275 g/mol. The Bertz CT molecular complexity index is 554. The van der Waals surface area contributed by atoms with Crippen molar-refractivity contribution < 1.29 is 18.3 Å². The van der Waals surface area contributed by atoms with Gasteiger partial charge in [0.05, 0.1) is 4.92 Å². The maximum Gasteiger partial charge on any atom is 0.305 e. The van der Waals surface area contributed by atoms with Crippen LogP contribution in [0.15, 0.2) is 18.2 Å². The zero-order chi connectivity index (χ0) is 14.0. The van der Waals surface area contributed by atoms with Gasteiger partial charge < -0.3 is 4.90 Å². The van der Waals surface area contributed by atoms with Crippen molar-refractivity contribution in [2.45, 2.75) is 0 Å². The van der Waals surface area contributed by atoms with Crippen LogP contribution in [0, 0.1) is 15.9 Å². The van der Waals surface area contributed by atoms with E-state index in [2.05, 4.69) is 0 Å². The number of benzene rings is 1. The summed E-state index contributed by atoms with van der Waals surface area (Å²) in [4.78, 5) is 23.3. The Morgan fingerprint density at radius 3 is 2.58 bits per heavy atom. The van der Waals surface area contributed by atoms with E-state index in [0.29, 0.717) is 24.6 Å². The number of hydrogen-bond donors (Lipinski definition) is 0. The van der Waals surface area contributed by atoms with Crippen LogP contribution in [0.5, 0.6) is 0 Å². The highest BCUT2D eigenvalue weighted by atomic mass is 32.2. The second-order valence-electron chi connectivity index (χ2n) is 4.06. The predicted octanol–water partition coefficient (Wildman–Crippen LogP) is 0.938. The van der Waals surface area contributed by atoms with Gasteiger partial charge in [-0.2, -0.15) is 4.39 Å². The summed E-state index contributed by atoms with van der Waals surface area (Å²) in [6.07, 6.45) is 0. The number of nitro groups is 1. The van der Waals surface area contributed by atoms with Crippen molar-refractivity contribution in [2.75, 3.05) is 24.6 Å². The third-order valence-electron chi connectivity index (χ3n) is 2.85. The molecule has 1 heterocycles. The van der Waals surface area contributed by atoms with Crippen LogP contribution in [-0.4, -0.2) is 44.5 Å². The summed E-state index contributed by atoms with van der Waals surface area (Å²) < 4.78 is 24.4. The van der Waals surface area contributed by atoms with Gasteiger partial charge in [0.25, 0.3) is 5.91 Å². The van der Waals surface area contributed by atoms with E-state index in [-0.39, 0.29) is 5.56 Å². The lowest BCUT2D eigenvalue weighted by molar-refractivity contribution is -0.387. The van der Waals surface area contributed by atoms with Crippen LogP contribution in [0.3, 0.4) is 0 Å². The Hall–Kier alpha value is -1.83. The highest BCUT2D eigenvalue weighted by Gasteiger charge is 2.24. The number of halogens is 1. The molecule has 6 nitrogen and oxygen atoms in total. The van der Waals surface area contributed by atoms with Gasteiger partial charge in [-0.05, 0) is 12.1 Å². The van der Waals surface area contributed by atoms with Gasteiger partial charge in [0.15, 0.2) is 0 Å². The molecule has 0 aromatic heterocycles. The molecule has 19 heavy (non-hydrogen) atoms. The standard InChI is InChI=1S/C11H11FN2O4S/c12-9-2-1-8(7-10(9)14(16)17)11(15)13-3-5-19(18)6-4-13/h1-2,7H,3-6H2. The second kappa shape index (κ2) is 5.43. The number of carbonyl (C=O) groups is 1. The lowest BCUT2D eigenvalue weighted by atomic mass is 10.1. The fraction of sp³-hybridized carbons (Fsp3) is 0.364. The van der Waals surface area contributed by atoms with Crippen LogP contribution in [-0.2, 0) is 10.8 Å². The van der Waals surface area contributed by atoms with Crippen molar-refractivity contribution >= 4 is 22.4 Å². The van der Waals surface area contributed by atoms with Gasteiger partial charge in [0.2, 0.25) is 5.82 Å². The van der Waals surface area contributed by atoms with Crippen molar-refractivity contribution in [1.29, 1.82) is 0 Å². The van der Waals surface area contributed by atoms with Gasteiger partial charge in [-0.3, -0.25) is 19.1 Å². The van der Waals surface area contributed by atoms with E-state index in [0.717, 1.165) is 12.1 Å². The lowest BCUT2D eigenvalue weighted by Crippen LogP contribution is -2.41. The van der Waals surface area contributed by atoms with Crippen molar-refractivity contribution in [1.82, 2.24) is 4.90 Å². The predicted molar refractivity (Wildman–Crippen MR) is 66.8 cm³/mol. The molecule has 0 bridgehead atoms.